The summed E-state index contributed by atoms with van der Waals surface area (Å²) in [5.41, 5.74) is 0.112. The van der Waals surface area contributed by atoms with Crippen molar-refractivity contribution < 1.29 is 13.6 Å². The van der Waals surface area contributed by atoms with E-state index in [1.165, 1.54) is 18.2 Å². The first-order valence-corrected chi connectivity index (χ1v) is 5.83. The Labute approximate surface area is 100 Å². The molecule has 82 valence electrons. The van der Waals surface area contributed by atoms with Crippen LogP contribution < -0.4 is 0 Å². The number of thiol groups is 1. The van der Waals surface area contributed by atoms with Crippen molar-refractivity contribution in [3.8, 4) is 0 Å². The van der Waals surface area contributed by atoms with Gasteiger partial charge >= 0.3 is 0 Å². The third-order valence-corrected chi connectivity index (χ3v) is 2.68. The lowest BCUT2D eigenvalue weighted by atomic mass is 10.1. The molecule has 0 spiro atoms. The highest BCUT2D eigenvalue weighted by Crippen LogP contribution is 2.24. The number of rotatable bonds is 4. The van der Waals surface area contributed by atoms with Crippen LogP contribution in [0, 0.1) is 0 Å². The lowest BCUT2D eigenvalue weighted by Crippen LogP contribution is -2.02. The van der Waals surface area contributed by atoms with E-state index in [9.17, 15) is 13.6 Å². The molecular weight excluding hydrogens is 286 g/mol. The number of alkyl halides is 3. The number of halogens is 3. The van der Waals surface area contributed by atoms with Gasteiger partial charge in [-0.15, -0.1) is 12.6 Å². The maximum absolute atomic E-state index is 12.4. The summed E-state index contributed by atoms with van der Waals surface area (Å²) < 4.78 is 24.8. The highest BCUT2D eigenvalue weighted by Gasteiger charge is 2.13. The Morgan fingerprint density at radius 2 is 2.13 bits per heavy atom. The van der Waals surface area contributed by atoms with Crippen molar-refractivity contribution in [3.63, 3.8) is 0 Å². The fourth-order valence-corrected chi connectivity index (χ4v) is 1.76. The minimum atomic E-state index is -2.56. The molecule has 1 nitrogen and oxygen atoms in total. The van der Waals surface area contributed by atoms with E-state index in [-0.39, 0.29) is 23.3 Å². The molecule has 0 unspecified atom stereocenters. The molecule has 0 atom stereocenters. The number of benzene rings is 1. The van der Waals surface area contributed by atoms with Crippen LogP contribution in [0.2, 0.25) is 0 Å². The molecule has 1 rings (SSSR count). The number of carbonyl (C=O) groups excluding carboxylic acids is 1. The summed E-state index contributed by atoms with van der Waals surface area (Å²) in [5, 5.41) is 0.512. The van der Waals surface area contributed by atoms with Gasteiger partial charge in [-0.25, -0.2) is 8.78 Å². The van der Waals surface area contributed by atoms with E-state index in [0.29, 0.717) is 10.2 Å². The monoisotopic (exact) mass is 294 g/mol. The van der Waals surface area contributed by atoms with Crippen molar-refractivity contribution in [1.82, 2.24) is 0 Å². The Hall–Kier alpha value is -0.420. The van der Waals surface area contributed by atoms with Gasteiger partial charge in [0, 0.05) is 27.8 Å². The molecule has 0 N–H and O–H groups in total. The number of carbonyl (C=O) groups is 1. The van der Waals surface area contributed by atoms with Crippen molar-refractivity contribution in [3.05, 3.63) is 29.3 Å². The molecule has 0 aliphatic rings. The third kappa shape index (κ3) is 3.28. The Morgan fingerprint density at radius 3 is 2.67 bits per heavy atom. The van der Waals surface area contributed by atoms with Crippen LogP contribution in [0.3, 0.4) is 0 Å². The summed E-state index contributed by atoms with van der Waals surface area (Å²) in [5.74, 6) is -0.181. The summed E-state index contributed by atoms with van der Waals surface area (Å²) >= 11 is 7.19. The summed E-state index contributed by atoms with van der Waals surface area (Å²) in [7, 11) is 0. The molecule has 1 aromatic carbocycles. The summed E-state index contributed by atoms with van der Waals surface area (Å²) in [4.78, 5) is 12.0. The van der Waals surface area contributed by atoms with Gasteiger partial charge in [0.05, 0.1) is 0 Å². The summed E-state index contributed by atoms with van der Waals surface area (Å²) in [6, 6.07) is 3.90. The molecule has 1 aromatic rings. The highest BCUT2D eigenvalue weighted by atomic mass is 79.9. The van der Waals surface area contributed by atoms with Crippen LogP contribution in [0.1, 0.15) is 28.8 Å². The predicted octanol–water partition coefficient (Wildman–Crippen LogP) is 3.88. The zero-order chi connectivity index (χ0) is 11.4. The maximum Gasteiger partial charge on any atom is 0.263 e. The molecule has 0 aromatic heterocycles. The topological polar surface area (TPSA) is 17.1 Å². The van der Waals surface area contributed by atoms with Crippen molar-refractivity contribution in [2.75, 3.05) is 5.33 Å². The molecule has 0 saturated carbocycles. The Morgan fingerprint density at radius 1 is 1.47 bits per heavy atom. The molecular formula is C10H9BrF2OS. The average Bonchev–Trinajstić information content (AvgIpc) is 2.18. The first kappa shape index (κ1) is 12.6. The molecule has 0 radical (unpaired) electrons. The predicted molar refractivity (Wildman–Crippen MR) is 61.4 cm³/mol. The second-order valence-electron chi connectivity index (χ2n) is 2.94. The van der Waals surface area contributed by atoms with Gasteiger partial charge < -0.3 is 0 Å². The molecule has 0 fully saturated rings. The fraction of sp³-hybridized carbons (Fsp3) is 0.300. The van der Waals surface area contributed by atoms with Gasteiger partial charge in [-0.3, -0.25) is 4.79 Å². The second-order valence-corrected chi connectivity index (χ2v) is 4.21. The van der Waals surface area contributed by atoms with Gasteiger partial charge in [0.1, 0.15) is 0 Å². The van der Waals surface area contributed by atoms with E-state index in [0.717, 1.165) is 0 Å². The number of hydrogen-bond acceptors (Lipinski definition) is 2. The highest BCUT2D eigenvalue weighted by molar-refractivity contribution is 9.09. The zero-order valence-electron chi connectivity index (χ0n) is 7.71. The fourth-order valence-electron chi connectivity index (χ4n) is 1.13. The van der Waals surface area contributed by atoms with Crippen LogP contribution in [0.4, 0.5) is 8.78 Å². The van der Waals surface area contributed by atoms with Gasteiger partial charge in [-0.1, -0.05) is 22.0 Å². The van der Waals surface area contributed by atoms with E-state index in [1.54, 1.807) is 0 Å². The molecule has 0 aliphatic heterocycles. The van der Waals surface area contributed by atoms with Crippen LogP contribution in [-0.4, -0.2) is 11.1 Å². The largest absolute Gasteiger partial charge is 0.294 e. The van der Waals surface area contributed by atoms with Crippen LogP contribution >= 0.6 is 28.6 Å². The second kappa shape index (κ2) is 5.61. The minimum absolute atomic E-state index is 0.147. The Balaban J connectivity index is 3.05. The number of Topliss-reactive ketones (excluding diaryl/α,β-unsaturated/α-hetero) is 1. The van der Waals surface area contributed by atoms with Gasteiger partial charge in [0.25, 0.3) is 6.43 Å². The van der Waals surface area contributed by atoms with Crippen LogP contribution in [-0.2, 0) is 0 Å². The van der Waals surface area contributed by atoms with E-state index in [1.807, 2.05) is 0 Å². The molecule has 5 heteroatoms. The quantitative estimate of drug-likeness (QED) is 0.507. The van der Waals surface area contributed by atoms with Crippen molar-refractivity contribution >= 4 is 34.3 Å². The molecule has 0 saturated heterocycles. The number of ketones is 1. The Bertz CT molecular complexity index is 368. The first-order chi connectivity index (χ1) is 7.06. The van der Waals surface area contributed by atoms with Crippen LogP contribution in [0.25, 0.3) is 0 Å². The summed E-state index contributed by atoms with van der Waals surface area (Å²) in [6.45, 7) is 0. The Kier molecular flexibility index (Phi) is 4.73. The van der Waals surface area contributed by atoms with Crippen molar-refractivity contribution in [2.24, 2.45) is 0 Å². The van der Waals surface area contributed by atoms with Crippen molar-refractivity contribution in [1.29, 1.82) is 0 Å². The van der Waals surface area contributed by atoms with Gasteiger partial charge in [0.15, 0.2) is 5.78 Å². The lowest BCUT2D eigenvalue weighted by molar-refractivity contribution is 0.0986. The molecule has 0 heterocycles. The van der Waals surface area contributed by atoms with E-state index < -0.39 is 6.43 Å². The molecule has 0 aliphatic carbocycles. The first-order valence-electron chi connectivity index (χ1n) is 4.26. The van der Waals surface area contributed by atoms with E-state index in [4.69, 9.17) is 0 Å². The standard InChI is InChI=1S/C10H9BrF2OS/c11-4-3-8(14)7-5-6(10(12)13)1-2-9(7)15/h1-2,5,10,15H,3-4H2. The summed E-state index contributed by atoms with van der Waals surface area (Å²) in [6.07, 6.45) is -2.28. The molecule has 0 amide bonds. The average molecular weight is 295 g/mol. The number of hydrogen-bond donors (Lipinski definition) is 1. The molecule has 15 heavy (non-hydrogen) atoms. The normalized spacial score (nSPS) is 10.7. The van der Waals surface area contributed by atoms with Gasteiger partial charge in [-0.05, 0) is 12.1 Å². The SMILES string of the molecule is O=C(CCBr)c1cc(C(F)F)ccc1S. The third-order valence-electron chi connectivity index (χ3n) is 1.89. The van der Waals surface area contributed by atoms with Crippen LogP contribution in [0.5, 0.6) is 0 Å². The maximum atomic E-state index is 12.4. The van der Waals surface area contributed by atoms with E-state index >= 15 is 0 Å². The lowest BCUT2D eigenvalue weighted by Gasteiger charge is -2.06. The molecule has 0 bridgehead atoms. The zero-order valence-corrected chi connectivity index (χ0v) is 10.2. The van der Waals surface area contributed by atoms with Gasteiger partial charge in [0.2, 0.25) is 0 Å². The smallest absolute Gasteiger partial charge is 0.263 e. The van der Waals surface area contributed by atoms with Crippen LogP contribution in [0.15, 0.2) is 23.1 Å². The van der Waals surface area contributed by atoms with E-state index in [2.05, 4.69) is 28.6 Å². The minimum Gasteiger partial charge on any atom is -0.294 e. The van der Waals surface area contributed by atoms with Crippen molar-refractivity contribution in [2.45, 2.75) is 17.7 Å². The van der Waals surface area contributed by atoms with Gasteiger partial charge in [-0.2, -0.15) is 0 Å².